The van der Waals surface area contributed by atoms with Crippen LogP contribution in [0.5, 0.6) is 0 Å². The summed E-state index contributed by atoms with van der Waals surface area (Å²) in [6.07, 6.45) is 1.24. The molecule has 1 fully saturated rings. The number of carboxylic acids is 1. The molecule has 0 aliphatic carbocycles. The van der Waals surface area contributed by atoms with E-state index in [0.29, 0.717) is 29.6 Å². The van der Waals surface area contributed by atoms with Crippen molar-refractivity contribution in [3.8, 4) is 0 Å². The van der Waals surface area contributed by atoms with Crippen LogP contribution < -0.4 is 0 Å². The van der Waals surface area contributed by atoms with Gasteiger partial charge in [0.25, 0.3) is 5.91 Å². The Morgan fingerprint density at radius 2 is 2.14 bits per heavy atom. The van der Waals surface area contributed by atoms with Gasteiger partial charge in [-0.05, 0) is 43.0 Å². The lowest BCUT2D eigenvalue weighted by atomic mass is 9.92. The van der Waals surface area contributed by atoms with Gasteiger partial charge in [-0.1, -0.05) is 6.92 Å². The second-order valence-electron chi connectivity index (χ2n) is 5.90. The number of rotatable bonds is 2. The summed E-state index contributed by atoms with van der Waals surface area (Å²) >= 11 is 0. The summed E-state index contributed by atoms with van der Waals surface area (Å²) in [5.41, 5.74) is 0.948. The van der Waals surface area contributed by atoms with Crippen LogP contribution in [0.4, 0.5) is 4.39 Å². The van der Waals surface area contributed by atoms with E-state index in [0.717, 1.165) is 6.42 Å². The van der Waals surface area contributed by atoms with Crippen LogP contribution in [0, 0.1) is 11.7 Å². The van der Waals surface area contributed by atoms with Gasteiger partial charge in [0.15, 0.2) is 0 Å². The first-order valence-electron chi connectivity index (χ1n) is 7.28. The maximum Gasteiger partial charge on any atom is 0.326 e. The van der Waals surface area contributed by atoms with Gasteiger partial charge in [0, 0.05) is 17.4 Å². The number of piperidine rings is 1. The van der Waals surface area contributed by atoms with E-state index in [2.05, 4.69) is 4.98 Å². The minimum Gasteiger partial charge on any atom is -0.480 e. The number of aliphatic carboxylic acids is 1. The molecule has 1 aliphatic rings. The number of nitrogens with zero attached hydrogens (tertiary/aromatic N) is 1. The first-order valence-corrected chi connectivity index (χ1v) is 7.28. The molecule has 0 bridgehead atoms. The lowest BCUT2D eigenvalue weighted by Gasteiger charge is -2.35. The summed E-state index contributed by atoms with van der Waals surface area (Å²) in [6, 6.07) is 4.98. The number of aromatic amines is 1. The minimum absolute atomic E-state index is 0.280. The van der Waals surface area contributed by atoms with Gasteiger partial charge in [-0.3, -0.25) is 4.79 Å². The Labute approximate surface area is 126 Å². The van der Waals surface area contributed by atoms with Gasteiger partial charge in [-0.15, -0.1) is 0 Å². The Morgan fingerprint density at radius 1 is 1.36 bits per heavy atom. The number of likely N-dealkylation sites (tertiary alicyclic amines) is 1. The number of amides is 1. The number of hydrogen-bond donors (Lipinski definition) is 2. The molecule has 6 heteroatoms. The zero-order chi connectivity index (χ0) is 15.9. The van der Waals surface area contributed by atoms with Crippen LogP contribution in [-0.4, -0.2) is 39.5 Å². The molecule has 0 saturated carbocycles. The zero-order valence-electron chi connectivity index (χ0n) is 12.2. The van der Waals surface area contributed by atoms with E-state index in [1.54, 1.807) is 12.1 Å². The summed E-state index contributed by atoms with van der Waals surface area (Å²) in [5, 5.41) is 9.94. The highest BCUT2D eigenvalue weighted by molar-refractivity contribution is 5.99. The third-order valence-corrected chi connectivity index (χ3v) is 4.22. The lowest BCUT2D eigenvalue weighted by molar-refractivity contribution is -0.144. The molecule has 2 heterocycles. The highest BCUT2D eigenvalue weighted by atomic mass is 19.1. The fourth-order valence-electron chi connectivity index (χ4n) is 2.99. The fraction of sp³-hybridized carbons (Fsp3) is 0.375. The van der Waals surface area contributed by atoms with E-state index in [9.17, 15) is 19.1 Å². The largest absolute Gasteiger partial charge is 0.480 e. The number of aromatic nitrogens is 1. The van der Waals surface area contributed by atoms with Crippen molar-refractivity contribution in [1.29, 1.82) is 0 Å². The molecule has 0 spiro atoms. The van der Waals surface area contributed by atoms with Crippen LogP contribution in [0.25, 0.3) is 10.9 Å². The Morgan fingerprint density at radius 3 is 2.86 bits per heavy atom. The van der Waals surface area contributed by atoms with Crippen molar-refractivity contribution in [2.75, 3.05) is 6.54 Å². The number of hydrogen-bond acceptors (Lipinski definition) is 2. The number of H-pyrrole nitrogens is 1. The standard InChI is InChI=1S/C16H17FN2O3/c1-9-4-5-19(14(6-9)16(21)22)15(20)13-8-10-7-11(17)2-3-12(10)18-13/h2-3,7-9,14,18H,4-6H2,1H3,(H,21,22). The van der Waals surface area contributed by atoms with Gasteiger partial charge in [-0.2, -0.15) is 0 Å². The molecular weight excluding hydrogens is 287 g/mol. The highest BCUT2D eigenvalue weighted by Crippen LogP contribution is 2.25. The molecule has 2 atom stereocenters. The first-order chi connectivity index (χ1) is 10.5. The fourth-order valence-corrected chi connectivity index (χ4v) is 2.99. The number of fused-ring (bicyclic) bond motifs is 1. The molecule has 2 unspecified atom stereocenters. The van der Waals surface area contributed by atoms with Gasteiger partial charge >= 0.3 is 5.97 Å². The monoisotopic (exact) mass is 304 g/mol. The van der Waals surface area contributed by atoms with E-state index in [1.165, 1.54) is 17.0 Å². The van der Waals surface area contributed by atoms with Crippen LogP contribution >= 0.6 is 0 Å². The molecule has 1 aromatic heterocycles. The van der Waals surface area contributed by atoms with Crippen molar-refractivity contribution < 1.29 is 19.1 Å². The molecule has 1 amide bonds. The number of nitrogens with one attached hydrogen (secondary N) is 1. The molecular formula is C16H17FN2O3. The molecule has 0 radical (unpaired) electrons. The van der Waals surface area contributed by atoms with E-state index < -0.39 is 12.0 Å². The lowest BCUT2D eigenvalue weighted by Crippen LogP contribution is -2.49. The highest BCUT2D eigenvalue weighted by Gasteiger charge is 2.35. The smallest absolute Gasteiger partial charge is 0.326 e. The van der Waals surface area contributed by atoms with Gasteiger partial charge < -0.3 is 15.0 Å². The summed E-state index contributed by atoms with van der Waals surface area (Å²) in [7, 11) is 0. The number of halogens is 1. The quantitative estimate of drug-likeness (QED) is 0.895. The maximum atomic E-state index is 13.2. The summed E-state index contributed by atoms with van der Waals surface area (Å²) in [6.45, 7) is 2.41. The number of carbonyl (C=O) groups is 2. The van der Waals surface area contributed by atoms with Crippen molar-refractivity contribution in [2.45, 2.75) is 25.8 Å². The van der Waals surface area contributed by atoms with E-state index in [1.807, 2.05) is 6.92 Å². The Hall–Kier alpha value is -2.37. The average Bonchev–Trinajstić information content (AvgIpc) is 2.89. The Kier molecular flexibility index (Phi) is 3.60. The van der Waals surface area contributed by atoms with Crippen LogP contribution in [0.15, 0.2) is 24.3 Å². The minimum atomic E-state index is -0.984. The molecule has 5 nitrogen and oxygen atoms in total. The second-order valence-corrected chi connectivity index (χ2v) is 5.90. The second kappa shape index (κ2) is 5.44. The van der Waals surface area contributed by atoms with Gasteiger partial charge in [0.2, 0.25) is 0 Å². The SMILES string of the molecule is CC1CCN(C(=O)c2cc3cc(F)ccc3[nH]2)C(C(=O)O)C1. The summed E-state index contributed by atoms with van der Waals surface area (Å²) < 4.78 is 13.2. The summed E-state index contributed by atoms with van der Waals surface area (Å²) in [4.78, 5) is 28.4. The van der Waals surface area contributed by atoms with E-state index >= 15 is 0 Å². The number of benzene rings is 1. The van der Waals surface area contributed by atoms with Gasteiger partial charge in [0.05, 0.1) is 0 Å². The average molecular weight is 304 g/mol. The van der Waals surface area contributed by atoms with Crippen molar-refractivity contribution in [2.24, 2.45) is 5.92 Å². The molecule has 2 N–H and O–H groups in total. The molecule has 1 aliphatic heterocycles. The number of carbonyl (C=O) groups excluding carboxylic acids is 1. The molecule has 3 rings (SSSR count). The van der Waals surface area contributed by atoms with Gasteiger partial charge in [-0.25, -0.2) is 9.18 Å². The molecule has 116 valence electrons. The number of carboxylic acid groups (broad SMARTS) is 1. The van der Waals surface area contributed by atoms with Crippen LogP contribution in [0.3, 0.4) is 0 Å². The van der Waals surface area contributed by atoms with Crippen LogP contribution in [0.2, 0.25) is 0 Å². The Bertz CT molecular complexity index is 740. The zero-order valence-corrected chi connectivity index (χ0v) is 12.2. The summed E-state index contributed by atoms with van der Waals surface area (Å²) in [5.74, 6) is -1.43. The predicted octanol–water partition coefficient (Wildman–Crippen LogP) is 2.63. The van der Waals surface area contributed by atoms with Crippen molar-refractivity contribution in [3.63, 3.8) is 0 Å². The Balaban J connectivity index is 1.92. The third kappa shape index (κ3) is 2.56. The normalized spacial score (nSPS) is 22.0. The molecule has 2 aromatic rings. The molecule has 1 aromatic carbocycles. The topological polar surface area (TPSA) is 73.4 Å². The van der Waals surface area contributed by atoms with Crippen LogP contribution in [-0.2, 0) is 4.79 Å². The maximum absolute atomic E-state index is 13.2. The molecule has 22 heavy (non-hydrogen) atoms. The predicted molar refractivity (Wildman–Crippen MR) is 79.1 cm³/mol. The molecule has 1 saturated heterocycles. The van der Waals surface area contributed by atoms with Crippen molar-refractivity contribution in [3.05, 3.63) is 35.8 Å². The van der Waals surface area contributed by atoms with E-state index in [-0.39, 0.29) is 17.6 Å². The van der Waals surface area contributed by atoms with Gasteiger partial charge in [0.1, 0.15) is 17.6 Å². The van der Waals surface area contributed by atoms with Crippen LogP contribution in [0.1, 0.15) is 30.3 Å². The van der Waals surface area contributed by atoms with E-state index in [4.69, 9.17) is 0 Å². The van der Waals surface area contributed by atoms with Crippen molar-refractivity contribution >= 4 is 22.8 Å². The third-order valence-electron chi connectivity index (χ3n) is 4.22. The van der Waals surface area contributed by atoms with Crippen molar-refractivity contribution in [1.82, 2.24) is 9.88 Å². The first kappa shape index (κ1) is 14.6.